The maximum absolute atomic E-state index is 13.0. The molecule has 0 aliphatic carbocycles. The molecule has 0 radical (unpaired) electrons. The van der Waals surface area contributed by atoms with Crippen LogP contribution in [0.4, 0.5) is 17.6 Å². The summed E-state index contributed by atoms with van der Waals surface area (Å²) in [6.07, 6.45) is -5.28. The topological polar surface area (TPSA) is 92.3 Å². The number of alkyl halides is 3. The van der Waals surface area contributed by atoms with Crippen molar-refractivity contribution in [1.82, 2.24) is 9.97 Å². The Balaban J connectivity index is 2.53. The number of fused-ring (bicyclic) bond motifs is 1. The first-order valence-corrected chi connectivity index (χ1v) is 4.90. The third kappa shape index (κ3) is 2.53. The minimum atomic E-state index is -5.28. The van der Waals surface area contributed by atoms with Gasteiger partial charge in [-0.15, -0.1) is 0 Å². The van der Waals surface area contributed by atoms with E-state index in [0.29, 0.717) is 12.1 Å². The van der Waals surface area contributed by atoms with Crippen LogP contribution in [-0.2, 0) is 4.79 Å². The summed E-state index contributed by atoms with van der Waals surface area (Å²) >= 11 is 0. The summed E-state index contributed by atoms with van der Waals surface area (Å²) in [6.45, 7) is 0. The number of hydrogen-bond acceptors (Lipinski definition) is 5. The molecule has 0 aliphatic heterocycles. The molecule has 2 N–H and O–H groups in total. The van der Waals surface area contributed by atoms with Gasteiger partial charge in [0.25, 0.3) is 5.56 Å². The van der Waals surface area contributed by atoms with Crippen molar-refractivity contribution in [2.24, 2.45) is 0 Å². The van der Waals surface area contributed by atoms with Crippen LogP contribution < -0.4 is 10.3 Å². The number of phenols is 1. The molecule has 1 aromatic carbocycles. The molecule has 0 saturated heterocycles. The van der Waals surface area contributed by atoms with Crippen LogP contribution in [0.25, 0.3) is 10.9 Å². The molecule has 2 aromatic rings. The van der Waals surface area contributed by atoms with Gasteiger partial charge in [0.15, 0.2) is 0 Å². The van der Waals surface area contributed by atoms with Gasteiger partial charge in [0, 0.05) is 12.1 Å². The van der Waals surface area contributed by atoms with E-state index in [2.05, 4.69) is 9.72 Å². The first-order chi connectivity index (χ1) is 9.18. The second-order valence-corrected chi connectivity index (χ2v) is 3.58. The Morgan fingerprint density at radius 1 is 1.35 bits per heavy atom. The Morgan fingerprint density at radius 2 is 2.00 bits per heavy atom. The molecule has 0 bridgehead atoms. The van der Waals surface area contributed by atoms with Crippen molar-refractivity contribution in [2.75, 3.05) is 0 Å². The molecule has 0 spiro atoms. The second-order valence-electron chi connectivity index (χ2n) is 3.58. The summed E-state index contributed by atoms with van der Waals surface area (Å²) in [5, 5.41) is 8.90. The molecule has 106 valence electrons. The number of esters is 1. The lowest BCUT2D eigenvalue weighted by Gasteiger charge is -2.06. The first kappa shape index (κ1) is 13.8. The molecule has 20 heavy (non-hydrogen) atoms. The Labute approximate surface area is 106 Å². The predicted octanol–water partition coefficient (Wildman–Crippen LogP) is 1.24. The molecular weight excluding hydrogens is 288 g/mol. The van der Waals surface area contributed by atoms with E-state index in [0.717, 1.165) is 0 Å². The molecule has 0 fully saturated rings. The van der Waals surface area contributed by atoms with E-state index in [1.54, 1.807) is 4.98 Å². The van der Waals surface area contributed by atoms with Gasteiger partial charge in [0.2, 0.25) is 0 Å². The lowest BCUT2D eigenvalue weighted by molar-refractivity contribution is -0.190. The van der Waals surface area contributed by atoms with Gasteiger partial charge in [-0.25, -0.2) is 9.18 Å². The summed E-state index contributed by atoms with van der Waals surface area (Å²) in [5.74, 6) is -4.32. The van der Waals surface area contributed by atoms with E-state index < -0.39 is 46.2 Å². The van der Waals surface area contributed by atoms with Gasteiger partial charge in [-0.3, -0.25) is 9.78 Å². The van der Waals surface area contributed by atoms with Crippen LogP contribution in [0, 0.1) is 5.82 Å². The van der Waals surface area contributed by atoms with Crippen LogP contribution in [0.5, 0.6) is 11.8 Å². The van der Waals surface area contributed by atoms with Crippen molar-refractivity contribution in [3.05, 3.63) is 28.3 Å². The Kier molecular flexibility index (Phi) is 3.08. The number of rotatable bonds is 1. The standard InChI is InChI=1S/C10H4F4N2O4/c11-3-1-4-6(5(17)2-3)7(18)16-9(15-4)20-8(19)10(12,13)14/h1-2,17H,(H,15,16,18). The highest BCUT2D eigenvalue weighted by atomic mass is 19.4. The summed E-state index contributed by atoms with van der Waals surface area (Å²) < 4.78 is 52.8. The third-order valence-electron chi connectivity index (χ3n) is 2.15. The number of phenolic OH excluding ortho intramolecular Hbond substituents is 1. The number of aromatic amines is 1. The quantitative estimate of drug-likeness (QED) is 0.609. The molecule has 0 atom stereocenters. The zero-order valence-corrected chi connectivity index (χ0v) is 9.29. The highest BCUT2D eigenvalue weighted by Crippen LogP contribution is 2.23. The molecular formula is C10H4F4N2O4. The van der Waals surface area contributed by atoms with Gasteiger partial charge in [0.05, 0.1) is 5.52 Å². The minimum Gasteiger partial charge on any atom is -0.507 e. The summed E-state index contributed by atoms with van der Waals surface area (Å²) in [4.78, 5) is 27.1. The number of aromatic nitrogens is 2. The van der Waals surface area contributed by atoms with Gasteiger partial charge in [0.1, 0.15) is 17.0 Å². The van der Waals surface area contributed by atoms with Crippen LogP contribution in [0.1, 0.15) is 0 Å². The van der Waals surface area contributed by atoms with Gasteiger partial charge in [-0.1, -0.05) is 0 Å². The van der Waals surface area contributed by atoms with Gasteiger partial charge in [-0.05, 0) is 0 Å². The molecule has 0 aliphatic rings. The van der Waals surface area contributed by atoms with Crippen molar-refractivity contribution >= 4 is 16.9 Å². The Bertz CT molecular complexity index is 753. The van der Waals surface area contributed by atoms with E-state index in [9.17, 15) is 32.3 Å². The number of benzene rings is 1. The molecule has 6 nitrogen and oxygen atoms in total. The molecule has 1 aromatic heterocycles. The van der Waals surface area contributed by atoms with Crippen molar-refractivity contribution in [2.45, 2.75) is 6.18 Å². The Hall–Kier alpha value is -2.65. The Morgan fingerprint density at radius 3 is 2.60 bits per heavy atom. The van der Waals surface area contributed by atoms with Crippen LogP contribution in [0.15, 0.2) is 16.9 Å². The molecule has 0 saturated carbocycles. The summed E-state index contributed by atoms with van der Waals surface area (Å²) in [7, 11) is 0. The molecule has 0 unspecified atom stereocenters. The fourth-order valence-corrected chi connectivity index (χ4v) is 1.39. The van der Waals surface area contributed by atoms with Gasteiger partial charge >= 0.3 is 18.2 Å². The van der Waals surface area contributed by atoms with E-state index >= 15 is 0 Å². The number of ether oxygens (including phenoxy) is 1. The number of halogens is 4. The smallest absolute Gasteiger partial charge is 0.491 e. The van der Waals surface area contributed by atoms with Crippen molar-refractivity contribution in [3.8, 4) is 11.8 Å². The number of H-pyrrole nitrogens is 1. The zero-order chi connectivity index (χ0) is 15.1. The number of carbonyl (C=O) groups excluding carboxylic acids is 1. The fourth-order valence-electron chi connectivity index (χ4n) is 1.39. The molecule has 0 amide bonds. The highest BCUT2D eigenvalue weighted by molar-refractivity contribution is 5.84. The minimum absolute atomic E-state index is 0.446. The van der Waals surface area contributed by atoms with E-state index in [1.165, 1.54) is 0 Å². The molecule has 10 heteroatoms. The number of aromatic hydroxyl groups is 1. The van der Waals surface area contributed by atoms with E-state index in [1.807, 2.05) is 0 Å². The van der Waals surface area contributed by atoms with Crippen LogP contribution in [0.3, 0.4) is 0 Å². The lowest BCUT2D eigenvalue weighted by atomic mass is 10.2. The van der Waals surface area contributed by atoms with Crippen LogP contribution >= 0.6 is 0 Å². The average molecular weight is 292 g/mol. The highest BCUT2D eigenvalue weighted by Gasteiger charge is 2.42. The summed E-state index contributed by atoms with van der Waals surface area (Å²) in [6, 6.07) is 0.255. The van der Waals surface area contributed by atoms with E-state index in [4.69, 9.17) is 0 Å². The predicted molar refractivity (Wildman–Crippen MR) is 55.7 cm³/mol. The van der Waals surface area contributed by atoms with E-state index in [-0.39, 0.29) is 0 Å². The third-order valence-corrected chi connectivity index (χ3v) is 2.15. The number of hydrogen-bond donors (Lipinski definition) is 2. The van der Waals surface area contributed by atoms with Gasteiger partial charge in [-0.2, -0.15) is 18.2 Å². The molecule has 1 heterocycles. The second kappa shape index (κ2) is 4.47. The van der Waals surface area contributed by atoms with Crippen molar-refractivity contribution in [1.29, 1.82) is 0 Å². The van der Waals surface area contributed by atoms with Crippen LogP contribution in [-0.4, -0.2) is 27.2 Å². The SMILES string of the molecule is O=C(Oc1nc2cc(F)cc(O)c2c(=O)[nH]1)C(F)(F)F. The first-order valence-electron chi connectivity index (χ1n) is 4.90. The summed E-state index contributed by atoms with van der Waals surface area (Å²) in [5.41, 5.74) is -1.55. The normalized spacial score (nSPS) is 11.6. The number of nitrogens with one attached hydrogen (secondary N) is 1. The van der Waals surface area contributed by atoms with Crippen molar-refractivity contribution in [3.63, 3.8) is 0 Å². The zero-order valence-electron chi connectivity index (χ0n) is 9.29. The maximum atomic E-state index is 13.0. The van der Waals surface area contributed by atoms with Crippen molar-refractivity contribution < 1.29 is 32.2 Å². The number of carbonyl (C=O) groups is 1. The lowest BCUT2D eigenvalue weighted by Crippen LogP contribution is -2.29. The maximum Gasteiger partial charge on any atom is 0.491 e. The van der Waals surface area contributed by atoms with Gasteiger partial charge < -0.3 is 9.84 Å². The largest absolute Gasteiger partial charge is 0.507 e. The number of nitrogens with zero attached hydrogens (tertiary/aromatic N) is 1. The fraction of sp³-hybridized carbons (Fsp3) is 0.100. The monoisotopic (exact) mass is 292 g/mol. The molecule has 2 rings (SSSR count). The average Bonchev–Trinajstić information content (AvgIpc) is 2.25. The van der Waals surface area contributed by atoms with Crippen LogP contribution in [0.2, 0.25) is 0 Å².